The van der Waals surface area contributed by atoms with Gasteiger partial charge in [0.1, 0.15) is 5.75 Å². The van der Waals surface area contributed by atoms with Gasteiger partial charge in [-0.15, -0.1) is 0 Å². The van der Waals surface area contributed by atoms with Crippen LogP contribution < -0.4 is 10.1 Å². The Labute approximate surface area is 160 Å². The quantitative estimate of drug-likeness (QED) is 0.661. The highest BCUT2D eigenvalue weighted by Gasteiger charge is 2.22. The van der Waals surface area contributed by atoms with Gasteiger partial charge in [-0.1, -0.05) is 60.7 Å². The van der Waals surface area contributed by atoms with Crippen molar-refractivity contribution < 1.29 is 9.53 Å². The molecule has 0 fully saturated rings. The number of ether oxygens (including phenoxy) is 1. The fourth-order valence-corrected chi connectivity index (χ4v) is 3.02. The van der Waals surface area contributed by atoms with Gasteiger partial charge in [0, 0.05) is 12.7 Å². The molecule has 1 N–H and O–H groups in total. The first kappa shape index (κ1) is 18.5. The van der Waals surface area contributed by atoms with Gasteiger partial charge in [-0.25, -0.2) is 4.79 Å². The Morgan fingerprint density at radius 2 is 1.52 bits per heavy atom. The number of nitrogens with one attached hydrogen (secondary N) is 1. The second kappa shape index (κ2) is 8.90. The largest absolute Gasteiger partial charge is 0.497 e. The van der Waals surface area contributed by atoms with Gasteiger partial charge >= 0.3 is 6.03 Å². The maximum atomic E-state index is 12.8. The molecule has 27 heavy (non-hydrogen) atoms. The molecular weight excluding hydrogens is 336 g/mol. The van der Waals surface area contributed by atoms with Crippen molar-refractivity contribution in [3.05, 3.63) is 96.1 Å². The molecule has 0 aliphatic carbocycles. The third kappa shape index (κ3) is 4.88. The summed E-state index contributed by atoms with van der Waals surface area (Å²) in [4.78, 5) is 14.6. The second-order valence-corrected chi connectivity index (χ2v) is 6.39. The molecule has 0 aromatic heterocycles. The molecule has 3 rings (SSSR count). The van der Waals surface area contributed by atoms with Crippen LogP contribution in [0.3, 0.4) is 0 Å². The van der Waals surface area contributed by atoms with Crippen LogP contribution in [0, 0.1) is 0 Å². The maximum Gasteiger partial charge on any atom is 0.322 e. The molecule has 0 aliphatic rings. The average Bonchev–Trinajstić information content (AvgIpc) is 2.73. The van der Waals surface area contributed by atoms with E-state index in [2.05, 4.69) is 17.4 Å². The highest BCUT2D eigenvalue weighted by molar-refractivity contribution is 5.89. The zero-order chi connectivity index (χ0) is 19.1. The minimum absolute atomic E-state index is 0.0954. The van der Waals surface area contributed by atoms with Crippen molar-refractivity contribution in [3.8, 4) is 5.75 Å². The van der Waals surface area contributed by atoms with E-state index in [0.717, 1.165) is 23.4 Å². The molecule has 0 radical (unpaired) electrons. The Bertz CT molecular complexity index is 849. The Balaban J connectivity index is 1.84. The van der Waals surface area contributed by atoms with E-state index in [1.165, 1.54) is 5.56 Å². The van der Waals surface area contributed by atoms with Crippen molar-refractivity contribution in [1.29, 1.82) is 0 Å². The van der Waals surface area contributed by atoms with Crippen LogP contribution in [-0.2, 0) is 6.42 Å². The lowest BCUT2D eigenvalue weighted by Crippen LogP contribution is -2.36. The van der Waals surface area contributed by atoms with Crippen molar-refractivity contribution in [2.45, 2.75) is 12.5 Å². The highest BCUT2D eigenvalue weighted by Crippen LogP contribution is 2.26. The first-order valence-corrected chi connectivity index (χ1v) is 8.94. The lowest BCUT2D eigenvalue weighted by atomic mass is 9.97. The van der Waals surface area contributed by atoms with E-state index in [9.17, 15) is 4.79 Å². The molecule has 4 heteroatoms. The summed E-state index contributed by atoms with van der Waals surface area (Å²) in [6.07, 6.45) is 0.728. The smallest absolute Gasteiger partial charge is 0.322 e. The Kier molecular flexibility index (Phi) is 6.10. The fourth-order valence-electron chi connectivity index (χ4n) is 3.02. The van der Waals surface area contributed by atoms with Crippen LogP contribution in [0.2, 0.25) is 0 Å². The Hall–Kier alpha value is -3.27. The lowest BCUT2D eigenvalue weighted by molar-refractivity contribution is 0.204. The molecule has 0 saturated heterocycles. The average molecular weight is 360 g/mol. The van der Waals surface area contributed by atoms with E-state index in [4.69, 9.17) is 4.74 Å². The summed E-state index contributed by atoms with van der Waals surface area (Å²) in [6, 6.07) is 27.3. The van der Waals surface area contributed by atoms with Gasteiger partial charge < -0.3 is 15.0 Å². The van der Waals surface area contributed by atoms with Gasteiger partial charge in [0.15, 0.2) is 0 Å². The zero-order valence-electron chi connectivity index (χ0n) is 15.6. The molecule has 4 nitrogen and oxygen atoms in total. The number of methoxy groups -OCH3 is 1. The van der Waals surface area contributed by atoms with Crippen molar-refractivity contribution in [3.63, 3.8) is 0 Å². The van der Waals surface area contributed by atoms with Gasteiger partial charge in [-0.05, 0) is 41.8 Å². The van der Waals surface area contributed by atoms with Crippen LogP contribution in [-0.4, -0.2) is 25.1 Å². The molecular formula is C23H24N2O2. The maximum absolute atomic E-state index is 12.8. The molecule has 138 valence electrons. The molecule has 3 aromatic rings. The molecule has 0 heterocycles. The number of amides is 2. The summed E-state index contributed by atoms with van der Waals surface area (Å²) in [7, 11) is 3.48. The topological polar surface area (TPSA) is 41.6 Å². The summed E-state index contributed by atoms with van der Waals surface area (Å²) in [5, 5.41) is 2.96. The predicted molar refractivity (Wildman–Crippen MR) is 109 cm³/mol. The molecule has 0 aliphatic heterocycles. The number of carbonyl (C=O) groups excluding carboxylic acids is 1. The molecule has 0 saturated carbocycles. The Morgan fingerprint density at radius 1 is 0.926 bits per heavy atom. The number of para-hydroxylation sites is 1. The van der Waals surface area contributed by atoms with Crippen molar-refractivity contribution in [2.24, 2.45) is 0 Å². The van der Waals surface area contributed by atoms with Crippen LogP contribution in [0.4, 0.5) is 10.5 Å². The van der Waals surface area contributed by atoms with Gasteiger partial charge in [0.2, 0.25) is 0 Å². The fraction of sp³-hybridized carbons (Fsp3) is 0.174. The summed E-state index contributed by atoms with van der Waals surface area (Å²) in [5.41, 5.74) is 3.02. The summed E-state index contributed by atoms with van der Waals surface area (Å²) in [5.74, 6) is 0.800. The first-order chi connectivity index (χ1) is 13.2. The number of anilines is 1. The molecule has 1 atom stereocenters. The minimum Gasteiger partial charge on any atom is -0.497 e. The van der Waals surface area contributed by atoms with Gasteiger partial charge in [-0.3, -0.25) is 0 Å². The number of carbonyl (C=O) groups is 1. The van der Waals surface area contributed by atoms with Crippen LogP contribution in [0.5, 0.6) is 5.75 Å². The number of rotatable bonds is 6. The molecule has 3 aromatic carbocycles. The van der Waals surface area contributed by atoms with Gasteiger partial charge in [0.25, 0.3) is 0 Å². The lowest BCUT2D eigenvalue weighted by Gasteiger charge is -2.29. The number of hydrogen-bond donors (Lipinski definition) is 1. The van der Waals surface area contributed by atoms with E-state index >= 15 is 0 Å². The number of hydrogen-bond acceptors (Lipinski definition) is 2. The van der Waals surface area contributed by atoms with Gasteiger partial charge in [-0.2, -0.15) is 0 Å². The number of benzene rings is 3. The highest BCUT2D eigenvalue weighted by atomic mass is 16.5. The van der Waals surface area contributed by atoms with Crippen molar-refractivity contribution in [1.82, 2.24) is 4.90 Å². The molecule has 1 unspecified atom stereocenters. The van der Waals surface area contributed by atoms with Crippen LogP contribution in [0.15, 0.2) is 84.9 Å². The third-order valence-corrected chi connectivity index (χ3v) is 4.59. The van der Waals surface area contributed by atoms with E-state index < -0.39 is 0 Å². The van der Waals surface area contributed by atoms with Crippen LogP contribution >= 0.6 is 0 Å². The monoisotopic (exact) mass is 360 g/mol. The van der Waals surface area contributed by atoms with Crippen LogP contribution in [0.1, 0.15) is 17.2 Å². The van der Waals surface area contributed by atoms with E-state index in [0.29, 0.717) is 0 Å². The molecule has 0 bridgehead atoms. The van der Waals surface area contributed by atoms with E-state index in [1.54, 1.807) is 12.0 Å². The molecule has 2 amide bonds. The summed E-state index contributed by atoms with van der Waals surface area (Å²) in [6.45, 7) is 0. The molecule has 0 spiro atoms. The number of urea groups is 1. The zero-order valence-corrected chi connectivity index (χ0v) is 15.6. The normalized spacial score (nSPS) is 11.5. The summed E-state index contributed by atoms with van der Waals surface area (Å²) >= 11 is 0. The van der Waals surface area contributed by atoms with Crippen molar-refractivity contribution >= 4 is 11.7 Å². The standard InChI is InChI=1S/C23H24N2O2/c1-25(23(26)24-20-11-7-4-8-12-20)22(17-18-9-5-3-6-10-18)19-13-15-21(27-2)16-14-19/h3-16,22H,17H2,1-2H3,(H,24,26). The summed E-state index contributed by atoms with van der Waals surface area (Å²) < 4.78 is 5.26. The number of likely N-dealkylation sites (N-methyl/N-ethyl adjacent to an activating group) is 1. The Morgan fingerprint density at radius 3 is 2.11 bits per heavy atom. The third-order valence-electron chi connectivity index (χ3n) is 4.59. The van der Waals surface area contributed by atoms with Crippen molar-refractivity contribution in [2.75, 3.05) is 19.5 Å². The van der Waals surface area contributed by atoms with Crippen LogP contribution in [0.25, 0.3) is 0 Å². The number of nitrogens with zero attached hydrogens (tertiary/aromatic N) is 1. The van der Waals surface area contributed by atoms with E-state index in [1.807, 2.05) is 79.8 Å². The van der Waals surface area contributed by atoms with Gasteiger partial charge in [0.05, 0.1) is 13.2 Å². The SMILES string of the molecule is COc1ccc(C(Cc2ccccc2)N(C)C(=O)Nc2ccccc2)cc1. The predicted octanol–water partition coefficient (Wildman–Crippen LogP) is 5.14. The second-order valence-electron chi connectivity index (χ2n) is 6.39. The van der Waals surface area contributed by atoms with E-state index in [-0.39, 0.29) is 12.1 Å². The first-order valence-electron chi connectivity index (χ1n) is 8.94. The minimum atomic E-state index is -0.141.